The molecule has 0 aliphatic carbocycles. The van der Waals surface area contributed by atoms with Crippen molar-refractivity contribution in [2.75, 3.05) is 20.5 Å². The fourth-order valence-electron chi connectivity index (χ4n) is 1.78. The molecule has 0 spiro atoms. The van der Waals surface area contributed by atoms with Crippen molar-refractivity contribution in [1.29, 1.82) is 0 Å². The third kappa shape index (κ3) is 6.50. The van der Waals surface area contributed by atoms with Gasteiger partial charge in [-0.1, -0.05) is 36.4 Å². The molecule has 1 aromatic carbocycles. The van der Waals surface area contributed by atoms with Gasteiger partial charge < -0.3 is 14.2 Å². The Hall–Kier alpha value is -1.65. The van der Waals surface area contributed by atoms with E-state index in [-0.39, 0.29) is 18.9 Å². The molecule has 0 fully saturated rings. The first-order valence-corrected chi connectivity index (χ1v) is 6.76. The molecule has 20 heavy (non-hydrogen) atoms. The zero-order valence-electron chi connectivity index (χ0n) is 12.1. The van der Waals surface area contributed by atoms with Crippen LogP contribution in [0.15, 0.2) is 42.5 Å². The number of hydrogen-bond donors (Lipinski definition) is 0. The van der Waals surface area contributed by atoms with Crippen LogP contribution >= 0.6 is 0 Å². The molecule has 110 valence electrons. The van der Waals surface area contributed by atoms with Gasteiger partial charge in [0.15, 0.2) is 0 Å². The monoisotopic (exact) mass is 278 g/mol. The van der Waals surface area contributed by atoms with Crippen LogP contribution in [0.3, 0.4) is 0 Å². The van der Waals surface area contributed by atoms with Crippen LogP contribution in [-0.4, -0.2) is 26.5 Å². The Balaban J connectivity index is 2.47. The highest BCUT2D eigenvalue weighted by atomic mass is 16.7. The summed E-state index contributed by atoms with van der Waals surface area (Å²) in [5, 5.41) is 0. The molecule has 0 radical (unpaired) electrons. The molecule has 0 amide bonds. The van der Waals surface area contributed by atoms with Gasteiger partial charge in [0.25, 0.3) is 0 Å². The fourth-order valence-corrected chi connectivity index (χ4v) is 1.78. The number of rotatable bonds is 9. The van der Waals surface area contributed by atoms with Gasteiger partial charge in [-0.05, 0) is 25.3 Å². The lowest BCUT2D eigenvalue weighted by atomic mass is 10.0. The van der Waals surface area contributed by atoms with Crippen molar-refractivity contribution >= 4 is 5.97 Å². The molecule has 0 saturated carbocycles. The van der Waals surface area contributed by atoms with Crippen LogP contribution in [0, 0.1) is 0 Å². The molecular weight excluding hydrogens is 256 g/mol. The predicted octanol–water partition coefficient (Wildman–Crippen LogP) is 3.25. The molecule has 0 N–H and O–H groups in total. The number of ether oxygens (including phenoxy) is 3. The highest BCUT2D eigenvalue weighted by Gasteiger charge is 2.10. The van der Waals surface area contributed by atoms with Gasteiger partial charge in [-0.3, -0.25) is 0 Å². The largest absolute Gasteiger partial charge is 0.463 e. The first-order valence-electron chi connectivity index (χ1n) is 6.76. The van der Waals surface area contributed by atoms with Gasteiger partial charge in [0.2, 0.25) is 0 Å². The number of carbonyl (C=O) groups excluding carboxylic acids is 1. The Morgan fingerprint density at radius 1 is 1.30 bits per heavy atom. The number of benzene rings is 1. The minimum absolute atomic E-state index is 0.0389. The van der Waals surface area contributed by atoms with Crippen LogP contribution in [0.1, 0.15) is 31.4 Å². The van der Waals surface area contributed by atoms with Crippen LogP contribution < -0.4 is 0 Å². The zero-order valence-corrected chi connectivity index (χ0v) is 12.1. The van der Waals surface area contributed by atoms with E-state index in [0.717, 1.165) is 18.4 Å². The molecule has 0 aromatic heterocycles. The Kier molecular flexibility index (Phi) is 8.35. The number of allylic oxidation sites excluding steroid dienone is 1. The maximum atomic E-state index is 11.2. The smallest absolute Gasteiger partial charge is 0.330 e. The molecule has 0 saturated heterocycles. The molecule has 1 atom stereocenters. The standard InChI is InChI=1S/C16H22O4/c1-3-19-16(17)12-8-7-11-15(20-13-18-2)14-9-5-4-6-10-14/h4-6,8-10,12,15H,3,7,11,13H2,1-2H3/b12-8+/t15-/m0/s1. The van der Waals surface area contributed by atoms with E-state index in [4.69, 9.17) is 14.2 Å². The summed E-state index contributed by atoms with van der Waals surface area (Å²) < 4.78 is 15.4. The lowest BCUT2D eigenvalue weighted by Crippen LogP contribution is -2.06. The van der Waals surface area contributed by atoms with Gasteiger partial charge in [-0.15, -0.1) is 0 Å². The van der Waals surface area contributed by atoms with E-state index in [9.17, 15) is 4.79 Å². The van der Waals surface area contributed by atoms with Crippen LogP contribution in [0.4, 0.5) is 0 Å². The molecular formula is C16H22O4. The molecule has 0 unspecified atom stereocenters. The summed E-state index contributed by atoms with van der Waals surface area (Å²) in [5.74, 6) is -0.304. The maximum absolute atomic E-state index is 11.2. The number of carbonyl (C=O) groups is 1. The molecule has 1 aromatic rings. The average Bonchev–Trinajstić information content (AvgIpc) is 2.47. The van der Waals surface area contributed by atoms with Crippen LogP contribution in [0.25, 0.3) is 0 Å². The number of hydrogen-bond acceptors (Lipinski definition) is 4. The second-order valence-electron chi connectivity index (χ2n) is 4.20. The number of esters is 1. The maximum Gasteiger partial charge on any atom is 0.330 e. The predicted molar refractivity (Wildman–Crippen MR) is 77.2 cm³/mol. The lowest BCUT2D eigenvalue weighted by molar-refractivity contribution is -0.137. The Morgan fingerprint density at radius 2 is 2.05 bits per heavy atom. The Labute approximate surface area is 120 Å². The number of methoxy groups -OCH3 is 1. The molecule has 0 aliphatic rings. The SMILES string of the molecule is CCOC(=O)/C=C/CC[C@H](OCOC)c1ccccc1. The molecule has 1 rings (SSSR count). The van der Waals surface area contributed by atoms with Gasteiger partial charge >= 0.3 is 5.97 Å². The van der Waals surface area contributed by atoms with Crippen molar-refractivity contribution in [3.05, 3.63) is 48.0 Å². The van der Waals surface area contributed by atoms with E-state index >= 15 is 0 Å². The molecule has 4 heteroatoms. The van der Waals surface area contributed by atoms with Gasteiger partial charge in [-0.2, -0.15) is 0 Å². The van der Waals surface area contributed by atoms with E-state index in [1.165, 1.54) is 6.08 Å². The first kappa shape index (κ1) is 16.4. The van der Waals surface area contributed by atoms with Crippen molar-refractivity contribution in [1.82, 2.24) is 0 Å². The van der Waals surface area contributed by atoms with Gasteiger partial charge in [0.05, 0.1) is 12.7 Å². The Bertz CT molecular complexity index is 400. The quantitative estimate of drug-likeness (QED) is 0.395. The van der Waals surface area contributed by atoms with Crippen molar-refractivity contribution in [3.63, 3.8) is 0 Å². The van der Waals surface area contributed by atoms with Gasteiger partial charge in [0, 0.05) is 13.2 Å². The van der Waals surface area contributed by atoms with E-state index in [1.807, 2.05) is 36.4 Å². The fraction of sp³-hybridized carbons (Fsp3) is 0.438. The topological polar surface area (TPSA) is 44.8 Å². The summed E-state index contributed by atoms with van der Waals surface area (Å²) in [4.78, 5) is 11.2. The van der Waals surface area contributed by atoms with E-state index in [2.05, 4.69) is 0 Å². The lowest BCUT2D eigenvalue weighted by Gasteiger charge is -2.17. The van der Waals surface area contributed by atoms with E-state index in [1.54, 1.807) is 14.0 Å². The summed E-state index contributed by atoms with van der Waals surface area (Å²) in [6, 6.07) is 9.97. The minimum atomic E-state index is -0.304. The summed E-state index contributed by atoms with van der Waals surface area (Å²) in [5.41, 5.74) is 1.11. The Morgan fingerprint density at radius 3 is 2.70 bits per heavy atom. The molecule has 4 nitrogen and oxygen atoms in total. The normalized spacial score (nSPS) is 12.5. The highest BCUT2D eigenvalue weighted by Crippen LogP contribution is 2.22. The third-order valence-electron chi connectivity index (χ3n) is 2.69. The minimum Gasteiger partial charge on any atom is -0.463 e. The van der Waals surface area contributed by atoms with Gasteiger partial charge in [-0.25, -0.2) is 4.79 Å². The zero-order chi connectivity index (χ0) is 14.6. The highest BCUT2D eigenvalue weighted by molar-refractivity contribution is 5.81. The molecule has 0 bridgehead atoms. The van der Waals surface area contributed by atoms with Crippen molar-refractivity contribution in [2.45, 2.75) is 25.9 Å². The molecule has 0 aliphatic heterocycles. The second kappa shape index (κ2) is 10.2. The summed E-state index contributed by atoms with van der Waals surface area (Å²) in [6.45, 7) is 2.43. The van der Waals surface area contributed by atoms with Crippen LogP contribution in [0.5, 0.6) is 0 Å². The molecule has 0 heterocycles. The van der Waals surface area contributed by atoms with Crippen molar-refractivity contribution in [2.24, 2.45) is 0 Å². The summed E-state index contributed by atoms with van der Waals surface area (Å²) in [7, 11) is 1.60. The third-order valence-corrected chi connectivity index (χ3v) is 2.69. The summed E-state index contributed by atoms with van der Waals surface area (Å²) in [6.07, 6.45) is 4.75. The summed E-state index contributed by atoms with van der Waals surface area (Å²) >= 11 is 0. The van der Waals surface area contributed by atoms with E-state index < -0.39 is 0 Å². The van der Waals surface area contributed by atoms with Crippen LogP contribution in [0.2, 0.25) is 0 Å². The first-order chi connectivity index (χ1) is 9.77. The average molecular weight is 278 g/mol. The van der Waals surface area contributed by atoms with Crippen molar-refractivity contribution in [3.8, 4) is 0 Å². The van der Waals surface area contributed by atoms with Gasteiger partial charge in [0.1, 0.15) is 6.79 Å². The van der Waals surface area contributed by atoms with Crippen molar-refractivity contribution < 1.29 is 19.0 Å². The second-order valence-corrected chi connectivity index (χ2v) is 4.20. The van der Waals surface area contributed by atoms with Crippen LogP contribution in [-0.2, 0) is 19.0 Å². The van der Waals surface area contributed by atoms with E-state index in [0.29, 0.717) is 6.61 Å².